The molecule has 0 saturated carbocycles. The minimum atomic E-state index is -0.448. The zero-order valence-electron chi connectivity index (χ0n) is 14.0. The van der Waals surface area contributed by atoms with E-state index in [9.17, 15) is 9.59 Å². The van der Waals surface area contributed by atoms with Crippen molar-refractivity contribution in [2.45, 2.75) is 12.3 Å². The smallest absolute Gasteiger partial charge is 0.325 e. The quantitative estimate of drug-likeness (QED) is 0.788. The molecule has 0 spiro atoms. The molecule has 7 nitrogen and oxygen atoms in total. The average Bonchev–Trinajstić information content (AvgIpc) is 3.08. The van der Waals surface area contributed by atoms with E-state index in [1.807, 2.05) is 12.1 Å². The maximum Gasteiger partial charge on any atom is 0.325 e. The Morgan fingerprint density at radius 1 is 1.33 bits per heavy atom. The Morgan fingerprint density at radius 3 is 2.79 bits per heavy atom. The van der Waals surface area contributed by atoms with Crippen molar-refractivity contribution in [3.8, 4) is 11.5 Å². The molecule has 1 heterocycles. The van der Waals surface area contributed by atoms with Crippen LogP contribution in [0.2, 0.25) is 0 Å². The molecule has 1 aromatic rings. The predicted molar refractivity (Wildman–Crippen MR) is 91.5 cm³/mol. The van der Waals surface area contributed by atoms with Crippen molar-refractivity contribution in [1.29, 1.82) is 0 Å². The zero-order chi connectivity index (χ0) is 17.5. The van der Waals surface area contributed by atoms with Crippen molar-refractivity contribution in [3.05, 3.63) is 23.8 Å². The number of nitrogens with zero attached hydrogens (tertiary/aromatic N) is 1. The maximum absolute atomic E-state index is 12.4. The Bertz CT molecular complexity index is 596. The lowest BCUT2D eigenvalue weighted by Gasteiger charge is -2.25. The second kappa shape index (κ2) is 8.68. The van der Waals surface area contributed by atoms with Crippen molar-refractivity contribution >= 4 is 23.8 Å². The fraction of sp³-hybridized carbons (Fsp3) is 0.500. The number of thioether (sulfide) groups is 1. The van der Waals surface area contributed by atoms with Gasteiger partial charge in [-0.15, -0.1) is 11.8 Å². The monoisotopic (exact) mass is 354 g/mol. The summed E-state index contributed by atoms with van der Waals surface area (Å²) in [5.74, 6) is 1.72. The Hall–Kier alpha value is -2.09. The van der Waals surface area contributed by atoms with Crippen LogP contribution in [-0.4, -0.2) is 56.6 Å². The van der Waals surface area contributed by atoms with Gasteiger partial charge in [0, 0.05) is 23.9 Å². The van der Waals surface area contributed by atoms with E-state index in [2.05, 4.69) is 5.32 Å². The summed E-state index contributed by atoms with van der Waals surface area (Å²) >= 11 is 1.65. The average molecular weight is 354 g/mol. The van der Waals surface area contributed by atoms with Crippen LogP contribution >= 0.6 is 11.8 Å². The van der Waals surface area contributed by atoms with Gasteiger partial charge in [-0.3, -0.25) is 4.79 Å². The van der Waals surface area contributed by atoms with Crippen LogP contribution < -0.4 is 14.8 Å². The number of carbonyl (C=O) groups excluding carboxylic acids is 2. The molecule has 1 aliphatic rings. The van der Waals surface area contributed by atoms with Gasteiger partial charge in [-0.2, -0.15) is 0 Å². The molecule has 0 aliphatic carbocycles. The third-order valence-corrected chi connectivity index (χ3v) is 4.79. The van der Waals surface area contributed by atoms with E-state index in [1.54, 1.807) is 43.9 Å². The van der Waals surface area contributed by atoms with Crippen LogP contribution in [-0.2, 0) is 9.53 Å². The number of benzene rings is 1. The topological polar surface area (TPSA) is 77.1 Å². The molecule has 1 fully saturated rings. The van der Waals surface area contributed by atoms with Crippen molar-refractivity contribution in [1.82, 2.24) is 10.2 Å². The highest BCUT2D eigenvalue weighted by Crippen LogP contribution is 2.42. The summed E-state index contributed by atoms with van der Waals surface area (Å²) in [6.45, 7) is 2.47. The van der Waals surface area contributed by atoms with Crippen molar-refractivity contribution in [3.63, 3.8) is 0 Å². The molecular weight excluding hydrogens is 332 g/mol. The molecule has 0 aromatic heterocycles. The van der Waals surface area contributed by atoms with Crippen LogP contribution in [0.4, 0.5) is 4.79 Å². The van der Waals surface area contributed by atoms with Crippen LogP contribution in [0.15, 0.2) is 18.2 Å². The van der Waals surface area contributed by atoms with Crippen molar-refractivity contribution in [2.75, 3.05) is 39.7 Å². The molecule has 8 heteroatoms. The normalized spacial score (nSPS) is 16.6. The van der Waals surface area contributed by atoms with Crippen LogP contribution in [0.5, 0.6) is 11.5 Å². The summed E-state index contributed by atoms with van der Waals surface area (Å²) in [6.07, 6.45) is 0. The summed E-state index contributed by atoms with van der Waals surface area (Å²) in [7, 11) is 3.18. The summed E-state index contributed by atoms with van der Waals surface area (Å²) in [5, 5.41) is 2.43. The lowest BCUT2D eigenvalue weighted by Crippen LogP contribution is -2.42. The number of hydrogen-bond acceptors (Lipinski definition) is 6. The number of amides is 2. The predicted octanol–water partition coefficient (Wildman–Crippen LogP) is 2.02. The first-order chi connectivity index (χ1) is 11.6. The van der Waals surface area contributed by atoms with Crippen molar-refractivity contribution < 1.29 is 23.8 Å². The third kappa shape index (κ3) is 4.25. The molecule has 2 amide bonds. The van der Waals surface area contributed by atoms with E-state index in [0.717, 1.165) is 11.3 Å². The molecule has 2 rings (SSSR count). The second-order valence-electron chi connectivity index (χ2n) is 4.99. The fourth-order valence-electron chi connectivity index (χ4n) is 2.42. The molecule has 24 heavy (non-hydrogen) atoms. The highest BCUT2D eigenvalue weighted by Gasteiger charge is 2.32. The van der Waals surface area contributed by atoms with Crippen LogP contribution in [0.3, 0.4) is 0 Å². The Morgan fingerprint density at radius 2 is 2.12 bits per heavy atom. The second-order valence-corrected chi connectivity index (χ2v) is 6.18. The summed E-state index contributed by atoms with van der Waals surface area (Å²) < 4.78 is 15.5. The Labute approximate surface area is 145 Å². The van der Waals surface area contributed by atoms with E-state index < -0.39 is 5.97 Å². The lowest BCUT2D eigenvalue weighted by molar-refractivity contribution is -0.141. The zero-order valence-corrected chi connectivity index (χ0v) is 14.9. The van der Waals surface area contributed by atoms with Crippen molar-refractivity contribution in [2.24, 2.45) is 0 Å². The van der Waals surface area contributed by atoms with E-state index in [-0.39, 0.29) is 17.9 Å². The van der Waals surface area contributed by atoms with Gasteiger partial charge >= 0.3 is 12.0 Å². The van der Waals surface area contributed by atoms with Crippen LogP contribution in [0.1, 0.15) is 17.9 Å². The summed E-state index contributed by atoms with van der Waals surface area (Å²) in [4.78, 5) is 25.5. The van der Waals surface area contributed by atoms with Gasteiger partial charge in [0.1, 0.15) is 23.4 Å². The van der Waals surface area contributed by atoms with Gasteiger partial charge in [-0.25, -0.2) is 4.79 Å². The molecule has 1 atom stereocenters. The van der Waals surface area contributed by atoms with Gasteiger partial charge in [-0.1, -0.05) is 0 Å². The molecule has 1 N–H and O–H groups in total. The highest BCUT2D eigenvalue weighted by molar-refractivity contribution is 7.99. The standard InChI is InChI=1S/C16H22N2O5S/c1-4-23-14(19)10-17-16(20)18-7-8-24-15(18)12-6-5-11(21-2)9-13(12)22-3/h5-6,9,15H,4,7-8,10H2,1-3H3,(H,17,20). The van der Waals surface area contributed by atoms with E-state index >= 15 is 0 Å². The minimum Gasteiger partial charge on any atom is -0.497 e. The molecule has 1 unspecified atom stereocenters. The largest absolute Gasteiger partial charge is 0.497 e. The minimum absolute atomic E-state index is 0.139. The van der Waals surface area contributed by atoms with E-state index in [1.165, 1.54) is 0 Å². The Balaban J connectivity index is 2.10. The first-order valence-corrected chi connectivity index (χ1v) is 8.69. The number of methoxy groups -OCH3 is 2. The number of ether oxygens (including phenoxy) is 3. The maximum atomic E-state index is 12.4. The number of carbonyl (C=O) groups is 2. The van der Waals surface area contributed by atoms with Gasteiger partial charge in [0.05, 0.1) is 20.8 Å². The van der Waals surface area contributed by atoms with Gasteiger partial charge in [0.2, 0.25) is 0 Å². The van der Waals surface area contributed by atoms with Gasteiger partial charge in [-0.05, 0) is 19.1 Å². The van der Waals surface area contributed by atoms with E-state index in [4.69, 9.17) is 14.2 Å². The highest BCUT2D eigenvalue weighted by atomic mass is 32.2. The Kier molecular flexibility index (Phi) is 6.60. The first-order valence-electron chi connectivity index (χ1n) is 7.64. The summed E-state index contributed by atoms with van der Waals surface area (Å²) in [5.41, 5.74) is 0.895. The summed E-state index contributed by atoms with van der Waals surface area (Å²) in [6, 6.07) is 5.23. The third-order valence-electron chi connectivity index (χ3n) is 3.55. The molecule has 1 saturated heterocycles. The first kappa shape index (κ1) is 18.3. The van der Waals surface area contributed by atoms with Gasteiger partial charge < -0.3 is 24.4 Å². The molecule has 132 valence electrons. The molecule has 1 aliphatic heterocycles. The fourth-order valence-corrected chi connectivity index (χ4v) is 3.70. The number of rotatable bonds is 6. The molecule has 1 aromatic carbocycles. The molecular formula is C16H22N2O5S. The van der Waals surface area contributed by atoms with E-state index in [0.29, 0.717) is 24.7 Å². The van der Waals surface area contributed by atoms with Crippen LogP contribution in [0.25, 0.3) is 0 Å². The van der Waals surface area contributed by atoms with Gasteiger partial charge in [0.15, 0.2) is 0 Å². The number of hydrogen-bond donors (Lipinski definition) is 1. The van der Waals surface area contributed by atoms with Crippen LogP contribution in [0, 0.1) is 0 Å². The van der Waals surface area contributed by atoms with Gasteiger partial charge in [0.25, 0.3) is 0 Å². The SMILES string of the molecule is CCOC(=O)CNC(=O)N1CCSC1c1ccc(OC)cc1OC. The number of nitrogens with one attached hydrogen (secondary N) is 1. The number of urea groups is 1. The number of esters is 1. The molecule has 0 bridgehead atoms. The molecule has 0 radical (unpaired) electrons. The lowest BCUT2D eigenvalue weighted by atomic mass is 10.1.